The lowest BCUT2D eigenvalue weighted by Crippen LogP contribution is -2.39. The Morgan fingerprint density at radius 1 is 0.970 bits per heavy atom. The summed E-state index contributed by atoms with van der Waals surface area (Å²) >= 11 is 0. The summed E-state index contributed by atoms with van der Waals surface area (Å²) in [6.45, 7) is 13.7. The molecule has 2 saturated carbocycles. The topological polar surface area (TPSA) is 40.5 Å². The molecule has 2 aliphatic carbocycles. The van der Waals surface area contributed by atoms with Gasteiger partial charge in [0.2, 0.25) is 0 Å². The third-order valence-corrected chi connectivity index (χ3v) is 9.98. The molecule has 0 heterocycles. The molecule has 0 radical (unpaired) electrons. The first-order valence-electron chi connectivity index (χ1n) is 13.5. The van der Waals surface area contributed by atoms with Crippen LogP contribution in [0.25, 0.3) is 0 Å². The lowest BCUT2D eigenvalue weighted by atomic mass is 9.62. The molecule has 2 nitrogen and oxygen atoms in total. The van der Waals surface area contributed by atoms with E-state index in [2.05, 4.69) is 41.5 Å². The highest BCUT2D eigenvalue weighted by molar-refractivity contribution is 4.99. The van der Waals surface area contributed by atoms with Gasteiger partial charge >= 0.3 is 6.18 Å². The Balaban J connectivity index is 1.95. The predicted molar refractivity (Wildman–Crippen MR) is 130 cm³/mol. The van der Waals surface area contributed by atoms with Gasteiger partial charge < -0.3 is 10.2 Å². The molecule has 2 aliphatic rings. The molecule has 2 N–H and O–H groups in total. The van der Waals surface area contributed by atoms with Gasteiger partial charge in [-0.1, -0.05) is 48.0 Å². The zero-order chi connectivity index (χ0) is 25.1. The molecule has 0 aromatic heterocycles. The Kier molecular flexibility index (Phi) is 9.81. The van der Waals surface area contributed by atoms with Crippen LogP contribution in [0.5, 0.6) is 0 Å². The first-order valence-corrected chi connectivity index (χ1v) is 13.5. The maximum atomic E-state index is 12.6. The Morgan fingerprint density at radius 2 is 1.55 bits per heavy atom. The molecule has 0 aromatic rings. The summed E-state index contributed by atoms with van der Waals surface area (Å²) in [6, 6.07) is 0. The van der Waals surface area contributed by atoms with Crippen molar-refractivity contribution >= 4 is 0 Å². The summed E-state index contributed by atoms with van der Waals surface area (Å²) < 4.78 is 37.9. The molecular weight excluding hydrogens is 425 g/mol. The lowest BCUT2D eigenvalue weighted by molar-refractivity contribution is -0.136. The largest absolute Gasteiger partial charge is 0.396 e. The molecule has 0 unspecified atom stereocenters. The van der Waals surface area contributed by atoms with Crippen LogP contribution in [-0.2, 0) is 0 Å². The minimum Gasteiger partial charge on any atom is -0.396 e. The number of hydrogen-bond donors (Lipinski definition) is 2. The molecule has 0 aromatic carbocycles. The van der Waals surface area contributed by atoms with Crippen molar-refractivity contribution in [2.75, 3.05) is 6.61 Å². The third-order valence-electron chi connectivity index (χ3n) is 9.98. The molecule has 0 aliphatic heterocycles. The number of aliphatic hydroxyl groups excluding tert-OH is 1. The number of halogens is 3. The van der Waals surface area contributed by atoms with Crippen molar-refractivity contribution in [3.8, 4) is 0 Å². The Hall–Kier alpha value is -0.290. The van der Waals surface area contributed by atoms with E-state index in [0.29, 0.717) is 29.6 Å². The van der Waals surface area contributed by atoms with Crippen LogP contribution in [0.3, 0.4) is 0 Å². The lowest BCUT2D eigenvalue weighted by Gasteiger charge is -2.44. The number of rotatable bonds is 10. The van der Waals surface area contributed by atoms with Crippen molar-refractivity contribution in [3.05, 3.63) is 0 Å². The Labute approximate surface area is 201 Å². The van der Waals surface area contributed by atoms with Crippen LogP contribution in [0.15, 0.2) is 0 Å². The SMILES string of the molecule is CC[C@]1(C)[C@@H]([C@H](C)CCC2(O)CCC(C(C)(C)C)CC2)CC[C@H]1[C@H](CO)CCCC(F)(F)F. The first-order chi connectivity index (χ1) is 15.1. The Morgan fingerprint density at radius 3 is 2.03 bits per heavy atom. The van der Waals surface area contributed by atoms with Crippen LogP contribution < -0.4 is 0 Å². The van der Waals surface area contributed by atoms with Gasteiger partial charge in [-0.3, -0.25) is 0 Å². The molecule has 2 rings (SSSR count). The second kappa shape index (κ2) is 11.2. The molecule has 0 bridgehead atoms. The van der Waals surface area contributed by atoms with Crippen molar-refractivity contribution in [2.45, 2.75) is 130 Å². The van der Waals surface area contributed by atoms with Crippen LogP contribution in [-0.4, -0.2) is 28.6 Å². The zero-order valence-electron chi connectivity index (χ0n) is 22.1. The van der Waals surface area contributed by atoms with Crippen molar-refractivity contribution in [1.82, 2.24) is 0 Å². The molecule has 196 valence electrons. The summed E-state index contributed by atoms with van der Waals surface area (Å²) in [4.78, 5) is 0. The zero-order valence-corrected chi connectivity index (χ0v) is 22.1. The minimum absolute atomic E-state index is 0.0199. The number of alkyl halides is 3. The van der Waals surface area contributed by atoms with Crippen LogP contribution in [0.4, 0.5) is 13.2 Å². The smallest absolute Gasteiger partial charge is 0.389 e. The van der Waals surface area contributed by atoms with E-state index in [1.807, 2.05) is 0 Å². The molecule has 0 amide bonds. The molecule has 5 atom stereocenters. The summed E-state index contributed by atoms with van der Waals surface area (Å²) in [5.74, 6) is 1.88. The number of aliphatic hydroxyl groups is 2. The van der Waals surface area contributed by atoms with E-state index in [-0.39, 0.29) is 30.3 Å². The maximum Gasteiger partial charge on any atom is 0.389 e. The van der Waals surface area contributed by atoms with Crippen LogP contribution in [0, 0.1) is 40.4 Å². The molecule has 33 heavy (non-hydrogen) atoms. The van der Waals surface area contributed by atoms with Crippen LogP contribution in [0.1, 0.15) is 119 Å². The van der Waals surface area contributed by atoms with E-state index in [1.165, 1.54) is 0 Å². The molecule has 0 spiro atoms. The van der Waals surface area contributed by atoms with E-state index in [4.69, 9.17) is 0 Å². The summed E-state index contributed by atoms with van der Waals surface area (Å²) in [5.41, 5.74) is -0.195. The minimum atomic E-state index is -4.12. The fourth-order valence-corrected chi connectivity index (χ4v) is 7.48. The van der Waals surface area contributed by atoms with Crippen LogP contribution in [0.2, 0.25) is 0 Å². The molecule has 0 saturated heterocycles. The van der Waals surface area contributed by atoms with E-state index >= 15 is 0 Å². The van der Waals surface area contributed by atoms with E-state index < -0.39 is 18.2 Å². The van der Waals surface area contributed by atoms with Gasteiger partial charge in [0.25, 0.3) is 0 Å². The van der Waals surface area contributed by atoms with Crippen molar-refractivity contribution in [3.63, 3.8) is 0 Å². The fraction of sp³-hybridized carbons (Fsp3) is 1.00. The fourth-order valence-electron chi connectivity index (χ4n) is 7.48. The van der Waals surface area contributed by atoms with Gasteiger partial charge in [-0.05, 0) is 105 Å². The first kappa shape index (κ1) is 28.9. The Bertz CT molecular complexity index is 589. The van der Waals surface area contributed by atoms with Gasteiger partial charge in [0.15, 0.2) is 0 Å². The maximum absolute atomic E-state index is 12.6. The van der Waals surface area contributed by atoms with Gasteiger partial charge in [-0.25, -0.2) is 0 Å². The molecular formula is C28H51F3O2. The van der Waals surface area contributed by atoms with E-state index in [0.717, 1.165) is 57.8 Å². The normalized spacial score (nSPS) is 35.5. The monoisotopic (exact) mass is 476 g/mol. The van der Waals surface area contributed by atoms with Gasteiger partial charge in [-0.15, -0.1) is 0 Å². The van der Waals surface area contributed by atoms with E-state index in [1.54, 1.807) is 0 Å². The highest BCUT2D eigenvalue weighted by atomic mass is 19.4. The summed E-state index contributed by atoms with van der Waals surface area (Å²) in [6.07, 6.45) is 4.58. The van der Waals surface area contributed by atoms with Crippen molar-refractivity contribution in [2.24, 2.45) is 40.4 Å². The van der Waals surface area contributed by atoms with Crippen molar-refractivity contribution < 1.29 is 23.4 Å². The van der Waals surface area contributed by atoms with Crippen molar-refractivity contribution in [1.29, 1.82) is 0 Å². The average molecular weight is 477 g/mol. The quantitative estimate of drug-likeness (QED) is 0.334. The summed E-state index contributed by atoms with van der Waals surface area (Å²) in [7, 11) is 0. The van der Waals surface area contributed by atoms with Gasteiger partial charge in [-0.2, -0.15) is 13.2 Å². The standard InChI is InChI=1S/C28H51F3O2/c1-7-26(6)23(10-11-24(26)21(19-32)9-8-15-28(29,30)31)20(2)12-16-27(33)17-13-22(14-18-27)25(3,4)5/h20-24,32-33H,7-19H2,1-6H3/t20-,21+,22?,23-,24+,26-,27?/m1/s1. The second-order valence-corrected chi connectivity index (χ2v) is 13.0. The highest BCUT2D eigenvalue weighted by Gasteiger charge is 2.50. The number of hydrogen-bond acceptors (Lipinski definition) is 2. The van der Waals surface area contributed by atoms with Gasteiger partial charge in [0, 0.05) is 13.0 Å². The van der Waals surface area contributed by atoms with Crippen LogP contribution >= 0.6 is 0 Å². The average Bonchev–Trinajstić information content (AvgIpc) is 3.06. The van der Waals surface area contributed by atoms with Gasteiger partial charge in [0.1, 0.15) is 0 Å². The second-order valence-electron chi connectivity index (χ2n) is 13.0. The third kappa shape index (κ3) is 7.59. The van der Waals surface area contributed by atoms with Gasteiger partial charge in [0.05, 0.1) is 5.60 Å². The summed E-state index contributed by atoms with van der Waals surface area (Å²) in [5, 5.41) is 21.3. The van der Waals surface area contributed by atoms with E-state index in [9.17, 15) is 23.4 Å². The highest BCUT2D eigenvalue weighted by Crippen LogP contribution is 2.57. The molecule has 2 fully saturated rings. The molecule has 5 heteroatoms. The predicted octanol–water partition coefficient (Wildman–Crippen LogP) is 8.15.